The van der Waals surface area contributed by atoms with E-state index in [1.54, 1.807) is 0 Å². The van der Waals surface area contributed by atoms with E-state index in [1.165, 1.54) is 5.56 Å². The molecular formula is C16H25BrN2O2. The molecule has 1 heterocycles. The van der Waals surface area contributed by atoms with Gasteiger partial charge in [0.2, 0.25) is 0 Å². The Morgan fingerprint density at radius 3 is 2.71 bits per heavy atom. The molecular weight excluding hydrogens is 332 g/mol. The minimum absolute atomic E-state index is 0.211. The van der Waals surface area contributed by atoms with Crippen molar-refractivity contribution < 1.29 is 9.47 Å². The van der Waals surface area contributed by atoms with Crippen LogP contribution in [0.4, 0.5) is 0 Å². The van der Waals surface area contributed by atoms with Gasteiger partial charge in [0.05, 0.1) is 17.7 Å². The molecule has 0 spiro atoms. The monoisotopic (exact) mass is 356 g/mol. The molecule has 1 aromatic rings. The summed E-state index contributed by atoms with van der Waals surface area (Å²) in [4.78, 5) is 2.41. The zero-order valence-electron chi connectivity index (χ0n) is 12.9. The lowest BCUT2D eigenvalue weighted by molar-refractivity contribution is 0.212. The van der Waals surface area contributed by atoms with E-state index in [2.05, 4.69) is 46.8 Å². The van der Waals surface area contributed by atoms with Crippen molar-refractivity contribution in [2.24, 2.45) is 5.73 Å². The molecule has 2 rings (SSSR count). The maximum Gasteiger partial charge on any atom is 0.175 e. The molecule has 0 saturated carbocycles. The second-order valence-electron chi connectivity index (χ2n) is 5.26. The van der Waals surface area contributed by atoms with Crippen LogP contribution in [0.2, 0.25) is 0 Å². The van der Waals surface area contributed by atoms with E-state index < -0.39 is 0 Å². The van der Waals surface area contributed by atoms with Crippen LogP contribution in [-0.4, -0.2) is 37.7 Å². The lowest BCUT2D eigenvalue weighted by atomic mass is 10.0. The number of benzene rings is 1. The van der Waals surface area contributed by atoms with Crippen molar-refractivity contribution in [1.29, 1.82) is 0 Å². The fraction of sp³-hybridized carbons (Fsp3) is 0.625. The fourth-order valence-electron chi connectivity index (χ4n) is 2.76. The van der Waals surface area contributed by atoms with Crippen LogP contribution in [0.5, 0.6) is 11.5 Å². The molecule has 118 valence electrons. The first kappa shape index (κ1) is 16.6. The van der Waals surface area contributed by atoms with Crippen molar-refractivity contribution in [1.82, 2.24) is 4.90 Å². The zero-order valence-corrected chi connectivity index (χ0v) is 14.5. The Hall–Kier alpha value is -0.780. The maximum absolute atomic E-state index is 6.04. The van der Waals surface area contributed by atoms with Crippen molar-refractivity contribution in [2.75, 3.05) is 32.8 Å². The molecule has 0 amide bonds. The Morgan fingerprint density at radius 2 is 2.05 bits per heavy atom. The van der Waals surface area contributed by atoms with Crippen molar-refractivity contribution in [3.63, 3.8) is 0 Å². The van der Waals surface area contributed by atoms with Crippen LogP contribution in [-0.2, 0) is 0 Å². The van der Waals surface area contributed by atoms with Gasteiger partial charge in [0.25, 0.3) is 0 Å². The average Bonchev–Trinajstić information content (AvgIpc) is 2.73. The highest BCUT2D eigenvalue weighted by Crippen LogP contribution is 2.40. The van der Waals surface area contributed by atoms with Crippen LogP contribution in [0.1, 0.15) is 38.3 Å². The van der Waals surface area contributed by atoms with E-state index in [0.29, 0.717) is 19.8 Å². The molecule has 4 nitrogen and oxygen atoms in total. The number of ether oxygens (including phenoxy) is 2. The number of fused-ring (bicyclic) bond motifs is 1. The van der Waals surface area contributed by atoms with Crippen LogP contribution in [0.3, 0.4) is 0 Å². The molecule has 0 aromatic heterocycles. The minimum Gasteiger partial charge on any atom is -0.490 e. The number of likely N-dealkylation sites (N-methyl/N-ethyl adjacent to an activating group) is 1. The van der Waals surface area contributed by atoms with Gasteiger partial charge in [0.15, 0.2) is 11.5 Å². The SMILES string of the molecule is CCCN(CC)C(CN)c1cc(Br)c2c(c1)OCCCO2. The molecule has 1 aliphatic rings. The first-order chi connectivity index (χ1) is 10.2. The predicted molar refractivity (Wildman–Crippen MR) is 89.1 cm³/mol. The first-order valence-electron chi connectivity index (χ1n) is 7.74. The zero-order chi connectivity index (χ0) is 15.2. The second-order valence-corrected chi connectivity index (χ2v) is 6.11. The lowest BCUT2D eigenvalue weighted by Gasteiger charge is -2.30. The molecule has 0 aliphatic carbocycles. The molecule has 21 heavy (non-hydrogen) atoms. The maximum atomic E-state index is 6.04. The molecule has 0 radical (unpaired) electrons. The van der Waals surface area contributed by atoms with Gasteiger partial charge in [0.1, 0.15) is 0 Å². The summed E-state index contributed by atoms with van der Waals surface area (Å²) >= 11 is 3.61. The third-order valence-corrected chi connectivity index (χ3v) is 4.38. The molecule has 5 heteroatoms. The van der Waals surface area contributed by atoms with Gasteiger partial charge in [-0.05, 0) is 53.1 Å². The van der Waals surface area contributed by atoms with Gasteiger partial charge in [-0.3, -0.25) is 4.90 Å². The number of halogens is 1. The highest BCUT2D eigenvalue weighted by atomic mass is 79.9. The third kappa shape index (κ3) is 3.90. The Labute approximate surface area is 135 Å². The summed E-state index contributed by atoms with van der Waals surface area (Å²) in [6.07, 6.45) is 2.03. The molecule has 1 aromatic carbocycles. The smallest absolute Gasteiger partial charge is 0.175 e. The summed E-state index contributed by atoms with van der Waals surface area (Å²) in [6, 6.07) is 4.41. The van der Waals surface area contributed by atoms with Gasteiger partial charge >= 0.3 is 0 Å². The van der Waals surface area contributed by atoms with E-state index in [0.717, 1.165) is 41.9 Å². The van der Waals surface area contributed by atoms with Gasteiger partial charge < -0.3 is 15.2 Å². The third-order valence-electron chi connectivity index (χ3n) is 3.79. The molecule has 1 aliphatic heterocycles. The molecule has 0 bridgehead atoms. The average molecular weight is 357 g/mol. The standard InChI is InChI=1S/C16H25BrN2O2/c1-3-6-19(4-2)14(11-18)12-9-13(17)16-15(10-12)20-7-5-8-21-16/h9-10,14H,3-8,11,18H2,1-2H3. The summed E-state index contributed by atoms with van der Waals surface area (Å²) in [5, 5.41) is 0. The van der Waals surface area contributed by atoms with Crippen LogP contribution in [0, 0.1) is 0 Å². The summed E-state index contributed by atoms with van der Waals surface area (Å²) in [7, 11) is 0. The minimum atomic E-state index is 0.211. The van der Waals surface area contributed by atoms with Crippen molar-refractivity contribution in [2.45, 2.75) is 32.7 Å². The van der Waals surface area contributed by atoms with Crippen LogP contribution in [0.25, 0.3) is 0 Å². The summed E-state index contributed by atoms with van der Waals surface area (Å²) in [5.74, 6) is 1.63. The number of rotatable bonds is 6. The Bertz CT molecular complexity index is 468. The summed E-state index contributed by atoms with van der Waals surface area (Å²) in [5.41, 5.74) is 7.22. The van der Waals surface area contributed by atoms with Gasteiger partial charge in [-0.15, -0.1) is 0 Å². The first-order valence-corrected chi connectivity index (χ1v) is 8.53. The lowest BCUT2D eigenvalue weighted by Crippen LogP contribution is -2.34. The van der Waals surface area contributed by atoms with E-state index in [1.807, 2.05) is 0 Å². The van der Waals surface area contributed by atoms with Crippen LogP contribution in [0.15, 0.2) is 16.6 Å². The Balaban J connectivity index is 2.33. The van der Waals surface area contributed by atoms with Crippen molar-refractivity contribution >= 4 is 15.9 Å². The number of nitrogens with two attached hydrogens (primary N) is 1. The topological polar surface area (TPSA) is 47.7 Å². The van der Waals surface area contributed by atoms with Crippen LogP contribution >= 0.6 is 15.9 Å². The highest BCUT2D eigenvalue weighted by Gasteiger charge is 2.22. The molecule has 1 atom stereocenters. The van der Waals surface area contributed by atoms with Crippen molar-refractivity contribution in [3.05, 3.63) is 22.2 Å². The van der Waals surface area contributed by atoms with E-state index in [4.69, 9.17) is 15.2 Å². The summed E-state index contributed by atoms with van der Waals surface area (Å²) < 4.78 is 12.5. The van der Waals surface area contributed by atoms with E-state index in [-0.39, 0.29) is 6.04 Å². The van der Waals surface area contributed by atoms with Crippen molar-refractivity contribution in [3.8, 4) is 11.5 Å². The normalized spacial score (nSPS) is 15.9. The molecule has 1 unspecified atom stereocenters. The number of nitrogens with zero attached hydrogens (tertiary/aromatic N) is 1. The molecule has 0 saturated heterocycles. The van der Waals surface area contributed by atoms with Gasteiger partial charge in [-0.2, -0.15) is 0 Å². The van der Waals surface area contributed by atoms with Gasteiger partial charge in [-0.25, -0.2) is 0 Å². The Morgan fingerprint density at radius 1 is 1.29 bits per heavy atom. The second kappa shape index (κ2) is 8.01. The quantitative estimate of drug-likeness (QED) is 0.848. The van der Waals surface area contributed by atoms with Gasteiger partial charge in [0, 0.05) is 19.0 Å². The fourth-order valence-corrected chi connectivity index (χ4v) is 3.33. The number of hydrogen-bond acceptors (Lipinski definition) is 4. The molecule has 0 fully saturated rings. The van der Waals surface area contributed by atoms with Gasteiger partial charge in [-0.1, -0.05) is 13.8 Å². The predicted octanol–water partition coefficient (Wildman–Crippen LogP) is 3.34. The highest BCUT2D eigenvalue weighted by molar-refractivity contribution is 9.10. The van der Waals surface area contributed by atoms with Crippen LogP contribution < -0.4 is 15.2 Å². The largest absolute Gasteiger partial charge is 0.490 e. The van der Waals surface area contributed by atoms with E-state index >= 15 is 0 Å². The molecule has 2 N–H and O–H groups in total. The number of hydrogen-bond donors (Lipinski definition) is 1. The summed E-state index contributed by atoms with van der Waals surface area (Å²) in [6.45, 7) is 8.40. The Kier molecular flexibility index (Phi) is 6.33. The van der Waals surface area contributed by atoms with E-state index in [9.17, 15) is 0 Å².